The standard InChI is InChI=1S/C16H19FN2O/c1-20-13-4-2-3-12(10-13)19-15-7-8-18-16-9-11(17)5-6-14(15)16/h5-9,12-13H,2-4,10H2,1H3,(H,18,19). The first-order chi connectivity index (χ1) is 9.76. The Kier molecular flexibility index (Phi) is 3.83. The summed E-state index contributed by atoms with van der Waals surface area (Å²) in [5.74, 6) is -0.251. The summed E-state index contributed by atoms with van der Waals surface area (Å²) >= 11 is 0. The molecule has 3 rings (SSSR count). The largest absolute Gasteiger partial charge is 0.382 e. The molecule has 3 nitrogen and oxygen atoms in total. The van der Waals surface area contributed by atoms with Crippen molar-refractivity contribution in [3.8, 4) is 0 Å². The van der Waals surface area contributed by atoms with Gasteiger partial charge < -0.3 is 10.1 Å². The van der Waals surface area contributed by atoms with Crippen LogP contribution in [0.15, 0.2) is 30.5 Å². The molecule has 4 heteroatoms. The van der Waals surface area contributed by atoms with Gasteiger partial charge in [0.15, 0.2) is 0 Å². The summed E-state index contributed by atoms with van der Waals surface area (Å²) in [7, 11) is 1.78. The highest BCUT2D eigenvalue weighted by Gasteiger charge is 2.21. The topological polar surface area (TPSA) is 34.1 Å². The molecule has 1 fully saturated rings. The molecular formula is C16H19FN2O. The maximum atomic E-state index is 13.2. The fourth-order valence-electron chi connectivity index (χ4n) is 2.96. The number of fused-ring (bicyclic) bond motifs is 1. The fourth-order valence-corrected chi connectivity index (χ4v) is 2.96. The number of nitrogens with zero attached hydrogens (tertiary/aromatic N) is 1. The van der Waals surface area contributed by atoms with Gasteiger partial charge in [-0.2, -0.15) is 0 Å². The number of benzene rings is 1. The molecule has 0 saturated heterocycles. The van der Waals surface area contributed by atoms with Crippen molar-refractivity contribution in [1.82, 2.24) is 4.98 Å². The van der Waals surface area contributed by atoms with Crippen LogP contribution in [0.25, 0.3) is 10.9 Å². The van der Waals surface area contributed by atoms with Crippen molar-refractivity contribution in [3.63, 3.8) is 0 Å². The lowest BCUT2D eigenvalue weighted by Crippen LogP contribution is -2.31. The number of nitrogens with one attached hydrogen (secondary N) is 1. The van der Waals surface area contributed by atoms with E-state index in [0.717, 1.165) is 30.3 Å². The second-order valence-electron chi connectivity index (χ2n) is 5.39. The van der Waals surface area contributed by atoms with Gasteiger partial charge in [0, 0.05) is 36.5 Å². The maximum absolute atomic E-state index is 13.2. The first kappa shape index (κ1) is 13.3. The molecule has 1 aromatic heterocycles. The summed E-state index contributed by atoms with van der Waals surface area (Å²) in [6, 6.07) is 7.10. The molecule has 1 saturated carbocycles. The van der Waals surface area contributed by atoms with Crippen molar-refractivity contribution in [3.05, 3.63) is 36.3 Å². The van der Waals surface area contributed by atoms with Gasteiger partial charge in [-0.25, -0.2) is 4.39 Å². The van der Waals surface area contributed by atoms with Crippen LogP contribution >= 0.6 is 0 Å². The van der Waals surface area contributed by atoms with E-state index in [1.54, 1.807) is 19.4 Å². The molecule has 0 aliphatic heterocycles. The first-order valence-electron chi connectivity index (χ1n) is 7.10. The Balaban J connectivity index is 1.83. The second kappa shape index (κ2) is 5.75. The van der Waals surface area contributed by atoms with E-state index < -0.39 is 0 Å². The van der Waals surface area contributed by atoms with Gasteiger partial charge in [0.05, 0.1) is 11.6 Å². The average Bonchev–Trinajstić information content (AvgIpc) is 2.47. The molecule has 0 spiro atoms. The molecule has 1 heterocycles. The Morgan fingerprint density at radius 2 is 2.20 bits per heavy atom. The van der Waals surface area contributed by atoms with Crippen LogP contribution in [0.2, 0.25) is 0 Å². The minimum atomic E-state index is -0.251. The number of pyridine rings is 1. The van der Waals surface area contributed by atoms with Crippen LogP contribution in [0.1, 0.15) is 25.7 Å². The zero-order valence-electron chi connectivity index (χ0n) is 11.6. The van der Waals surface area contributed by atoms with E-state index in [1.165, 1.54) is 18.6 Å². The third kappa shape index (κ3) is 2.75. The predicted molar refractivity (Wildman–Crippen MR) is 78.4 cm³/mol. The van der Waals surface area contributed by atoms with Crippen LogP contribution < -0.4 is 5.32 Å². The minimum Gasteiger partial charge on any atom is -0.382 e. The molecule has 1 aliphatic carbocycles. The molecule has 1 N–H and O–H groups in total. The highest BCUT2D eigenvalue weighted by Crippen LogP contribution is 2.27. The quantitative estimate of drug-likeness (QED) is 0.925. The Morgan fingerprint density at radius 3 is 3.05 bits per heavy atom. The molecule has 20 heavy (non-hydrogen) atoms. The lowest BCUT2D eigenvalue weighted by atomic mass is 9.92. The van der Waals surface area contributed by atoms with E-state index in [1.807, 2.05) is 6.07 Å². The normalized spacial score (nSPS) is 22.9. The van der Waals surface area contributed by atoms with Crippen LogP contribution in [-0.4, -0.2) is 24.2 Å². The zero-order valence-corrected chi connectivity index (χ0v) is 11.6. The molecule has 0 bridgehead atoms. The van der Waals surface area contributed by atoms with Crippen molar-refractivity contribution >= 4 is 16.6 Å². The summed E-state index contributed by atoms with van der Waals surface area (Å²) in [5, 5.41) is 4.53. The Labute approximate surface area is 118 Å². The van der Waals surface area contributed by atoms with Gasteiger partial charge in [-0.1, -0.05) is 0 Å². The fraction of sp³-hybridized carbons (Fsp3) is 0.438. The maximum Gasteiger partial charge on any atom is 0.125 e. The highest BCUT2D eigenvalue weighted by molar-refractivity contribution is 5.91. The molecule has 2 unspecified atom stereocenters. The third-order valence-electron chi connectivity index (χ3n) is 4.02. The predicted octanol–water partition coefficient (Wildman–Crippen LogP) is 3.74. The summed E-state index contributed by atoms with van der Waals surface area (Å²) in [6.45, 7) is 0. The van der Waals surface area contributed by atoms with Crippen molar-refractivity contribution in [1.29, 1.82) is 0 Å². The number of halogens is 1. The van der Waals surface area contributed by atoms with Crippen LogP contribution in [0.3, 0.4) is 0 Å². The van der Waals surface area contributed by atoms with Crippen LogP contribution in [0, 0.1) is 5.82 Å². The molecule has 1 aliphatic rings. The number of aromatic nitrogens is 1. The van der Waals surface area contributed by atoms with Crippen LogP contribution in [0.4, 0.5) is 10.1 Å². The lowest BCUT2D eigenvalue weighted by molar-refractivity contribution is 0.0669. The Bertz CT molecular complexity index is 602. The van der Waals surface area contributed by atoms with Gasteiger partial charge in [-0.05, 0) is 43.9 Å². The van der Waals surface area contributed by atoms with E-state index in [9.17, 15) is 4.39 Å². The minimum absolute atomic E-state index is 0.251. The molecular weight excluding hydrogens is 255 g/mol. The van der Waals surface area contributed by atoms with Crippen LogP contribution in [-0.2, 0) is 4.74 Å². The number of hydrogen-bond acceptors (Lipinski definition) is 3. The van der Waals surface area contributed by atoms with Crippen LogP contribution in [0.5, 0.6) is 0 Å². The van der Waals surface area contributed by atoms with E-state index in [-0.39, 0.29) is 5.82 Å². The van der Waals surface area contributed by atoms with Gasteiger partial charge >= 0.3 is 0 Å². The molecule has 2 atom stereocenters. The Morgan fingerprint density at radius 1 is 1.30 bits per heavy atom. The molecule has 0 amide bonds. The summed E-state index contributed by atoms with van der Waals surface area (Å²) in [4.78, 5) is 4.22. The molecule has 2 aromatic rings. The molecule has 0 radical (unpaired) electrons. The van der Waals surface area contributed by atoms with Gasteiger partial charge in [0.25, 0.3) is 0 Å². The van der Waals surface area contributed by atoms with E-state index in [4.69, 9.17) is 4.74 Å². The number of hydrogen-bond donors (Lipinski definition) is 1. The number of rotatable bonds is 3. The number of ether oxygens (including phenoxy) is 1. The molecule has 1 aromatic carbocycles. The highest BCUT2D eigenvalue weighted by atomic mass is 19.1. The lowest BCUT2D eigenvalue weighted by Gasteiger charge is -2.29. The Hall–Kier alpha value is -1.68. The monoisotopic (exact) mass is 274 g/mol. The molecule has 106 valence electrons. The van der Waals surface area contributed by atoms with Crippen molar-refractivity contribution < 1.29 is 9.13 Å². The van der Waals surface area contributed by atoms with E-state index in [0.29, 0.717) is 17.7 Å². The summed E-state index contributed by atoms with van der Waals surface area (Å²) in [6.07, 6.45) is 6.53. The smallest absolute Gasteiger partial charge is 0.125 e. The van der Waals surface area contributed by atoms with E-state index >= 15 is 0 Å². The van der Waals surface area contributed by atoms with Crippen molar-refractivity contribution in [2.45, 2.75) is 37.8 Å². The second-order valence-corrected chi connectivity index (χ2v) is 5.39. The van der Waals surface area contributed by atoms with Gasteiger partial charge in [0.1, 0.15) is 5.82 Å². The third-order valence-corrected chi connectivity index (χ3v) is 4.02. The van der Waals surface area contributed by atoms with Crippen molar-refractivity contribution in [2.75, 3.05) is 12.4 Å². The summed E-state index contributed by atoms with van der Waals surface area (Å²) < 4.78 is 18.7. The van der Waals surface area contributed by atoms with Gasteiger partial charge in [0.2, 0.25) is 0 Å². The summed E-state index contributed by atoms with van der Waals surface area (Å²) in [5.41, 5.74) is 1.71. The van der Waals surface area contributed by atoms with E-state index in [2.05, 4.69) is 10.3 Å². The zero-order chi connectivity index (χ0) is 13.9. The average molecular weight is 274 g/mol. The number of anilines is 1. The SMILES string of the molecule is COC1CCCC(Nc2ccnc3cc(F)ccc23)C1. The van der Waals surface area contributed by atoms with Gasteiger partial charge in [-0.3, -0.25) is 4.98 Å². The first-order valence-corrected chi connectivity index (χ1v) is 7.10. The number of methoxy groups -OCH3 is 1. The van der Waals surface area contributed by atoms with Crippen molar-refractivity contribution in [2.24, 2.45) is 0 Å². The van der Waals surface area contributed by atoms with Gasteiger partial charge in [-0.15, -0.1) is 0 Å².